The van der Waals surface area contributed by atoms with Gasteiger partial charge < -0.3 is 10.6 Å². The Kier molecular flexibility index (Phi) is 4.70. The maximum atomic E-state index is 12.2. The van der Waals surface area contributed by atoms with Crippen molar-refractivity contribution in [3.05, 3.63) is 11.9 Å². The van der Waals surface area contributed by atoms with Crippen molar-refractivity contribution in [1.82, 2.24) is 14.7 Å². The third kappa shape index (κ3) is 2.98. The van der Waals surface area contributed by atoms with E-state index in [-0.39, 0.29) is 37.5 Å². The molecule has 0 bridgehead atoms. The van der Waals surface area contributed by atoms with Crippen molar-refractivity contribution in [2.75, 3.05) is 18.8 Å². The van der Waals surface area contributed by atoms with Gasteiger partial charge in [-0.15, -0.1) is 0 Å². The van der Waals surface area contributed by atoms with Crippen molar-refractivity contribution in [1.29, 1.82) is 10.5 Å². The van der Waals surface area contributed by atoms with Crippen LogP contribution < -0.4 is 5.73 Å². The summed E-state index contributed by atoms with van der Waals surface area (Å²) in [6.45, 7) is 0.559. The average Bonchev–Trinajstić information content (AvgIpc) is 2.68. The van der Waals surface area contributed by atoms with E-state index in [0.29, 0.717) is 5.69 Å². The molecular formula is C11H14N6O. The molecule has 18 heavy (non-hydrogen) atoms. The molecular weight excluding hydrogens is 232 g/mol. The monoisotopic (exact) mass is 246 g/mol. The largest absolute Gasteiger partial charge is 0.396 e. The number of nitrogens with two attached hydrogens (primary N) is 1. The molecule has 0 aliphatic carbocycles. The molecule has 0 radical (unpaired) electrons. The number of nitrogens with zero attached hydrogens (tertiary/aromatic N) is 5. The molecule has 0 atom stereocenters. The van der Waals surface area contributed by atoms with Gasteiger partial charge in [0.2, 0.25) is 0 Å². The summed E-state index contributed by atoms with van der Waals surface area (Å²) in [6, 6.07) is 3.95. The molecule has 0 aliphatic rings. The normalized spacial score (nSPS) is 9.50. The number of nitrogen functional groups attached to an aromatic ring is 1. The van der Waals surface area contributed by atoms with E-state index in [1.165, 1.54) is 15.8 Å². The van der Waals surface area contributed by atoms with E-state index >= 15 is 0 Å². The third-order valence-corrected chi connectivity index (χ3v) is 2.44. The molecule has 1 heterocycles. The zero-order valence-corrected chi connectivity index (χ0v) is 10.1. The third-order valence-electron chi connectivity index (χ3n) is 2.44. The topological polar surface area (TPSA) is 112 Å². The van der Waals surface area contributed by atoms with Gasteiger partial charge in [0.15, 0.2) is 0 Å². The van der Waals surface area contributed by atoms with Crippen LogP contribution >= 0.6 is 0 Å². The van der Waals surface area contributed by atoms with Crippen LogP contribution in [0, 0.1) is 22.7 Å². The molecule has 7 nitrogen and oxygen atoms in total. The van der Waals surface area contributed by atoms with Crippen molar-refractivity contribution >= 4 is 11.6 Å². The van der Waals surface area contributed by atoms with Crippen LogP contribution in [0.5, 0.6) is 0 Å². The summed E-state index contributed by atoms with van der Waals surface area (Å²) in [5.74, 6) is -0.307. The number of amides is 1. The van der Waals surface area contributed by atoms with Gasteiger partial charge in [0.05, 0.1) is 36.9 Å². The van der Waals surface area contributed by atoms with E-state index in [2.05, 4.69) is 5.10 Å². The summed E-state index contributed by atoms with van der Waals surface area (Å²) in [5.41, 5.74) is 6.25. The zero-order valence-electron chi connectivity index (χ0n) is 10.1. The number of hydrogen-bond donors (Lipinski definition) is 1. The molecule has 1 aromatic heterocycles. The van der Waals surface area contributed by atoms with Crippen molar-refractivity contribution in [3.8, 4) is 12.1 Å². The van der Waals surface area contributed by atoms with E-state index in [1.54, 1.807) is 7.05 Å². The van der Waals surface area contributed by atoms with E-state index < -0.39 is 0 Å². The Morgan fingerprint density at radius 2 is 2.00 bits per heavy atom. The first-order valence-corrected chi connectivity index (χ1v) is 5.42. The minimum absolute atomic E-state index is 0.217. The fourth-order valence-corrected chi connectivity index (χ4v) is 1.55. The van der Waals surface area contributed by atoms with Crippen molar-refractivity contribution in [2.24, 2.45) is 7.05 Å². The zero-order chi connectivity index (χ0) is 13.5. The Morgan fingerprint density at radius 1 is 1.44 bits per heavy atom. The van der Waals surface area contributed by atoms with Crippen LogP contribution in [0.1, 0.15) is 23.3 Å². The highest BCUT2D eigenvalue weighted by atomic mass is 16.2. The number of carbonyl (C=O) groups excluding carboxylic acids is 1. The van der Waals surface area contributed by atoms with Crippen LogP contribution in [0.25, 0.3) is 0 Å². The van der Waals surface area contributed by atoms with Gasteiger partial charge in [-0.25, -0.2) is 0 Å². The Bertz CT molecular complexity index is 469. The second kappa shape index (κ2) is 6.26. The summed E-state index contributed by atoms with van der Waals surface area (Å²) in [5, 5.41) is 21.0. The average molecular weight is 246 g/mol. The molecule has 1 rings (SSSR count). The molecule has 0 unspecified atom stereocenters. The first-order chi connectivity index (χ1) is 8.61. The van der Waals surface area contributed by atoms with Crippen LogP contribution in [-0.2, 0) is 7.05 Å². The lowest BCUT2D eigenvalue weighted by Crippen LogP contribution is -2.34. The van der Waals surface area contributed by atoms with Crippen LogP contribution in [0.15, 0.2) is 6.20 Å². The van der Waals surface area contributed by atoms with E-state index in [1.807, 2.05) is 12.1 Å². The van der Waals surface area contributed by atoms with Gasteiger partial charge >= 0.3 is 0 Å². The molecule has 1 aromatic rings. The summed E-state index contributed by atoms with van der Waals surface area (Å²) >= 11 is 0. The standard InChI is InChI=1S/C11H14N6O/c1-16-10(9(14)8-15-16)11(18)17(6-2-4-12)7-3-5-13/h8H,2-3,6-7,14H2,1H3. The number of hydrogen-bond acceptors (Lipinski definition) is 5. The second-order valence-electron chi connectivity index (χ2n) is 3.68. The van der Waals surface area contributed by atoms with E-state index in [4.69, 9.17) is 16.3 Å². The van der Waals surface area contributed by atoms with Gasteiger partial charge in [-0.1, -0.05) is 0 Å². The molecule has 0 aromatic carbocycles. The molecule has 0 saturated carbocycles. The lowest BCUT2D eigenvalue weighted by Gasteiger charge is -2.20. The minimum Gasteiger partial charge on any atom is -0.396 e. The van der Waals surface area contributed by atoms with E-state index in [9.17, 15) is 4.79 Å². The smallest absolute Gasteiger partial charge is 0.274 e. The summed E-state index contributed by atoms with van der Waals surface area (Å²) in [6.07, 6.45) is 1.84. The summed E-state index contributed by atoms with van der Waals surface area (Å²) in [7, 11) is 1.62. The van der Waals surface area contributed by atoms with Gasteiger partial charge in [0.1, 0.15) is 5.69 Å². The fraction of sp³-hybridized carbons (Fsp3) is 0.455. The number of nitriles is 2. The molecule has 7 heteroatoms. The summed E-state index contributed by atoms with van der Waals surface area (Å²) < 4.78 is 1.39. The van der Waals surface area contributed by atoms with Crippen LogP contribution in [-0.4, -0.2) is 33.7 Å². The molecule has 0 spiro atoms. The first kappa shape index (κ1) is 13.5. The molecule has 0 saturated heterocycles. The highest BCUT2D eigenvalue weighted by Crippen LogP contribution is 2.13. The van der Waals surface area contributed by atoms with Gasteiger partial charge in [0, 0.05) is 20.1 Å². The Morgan fingerprint density at radius 3 is 2.39 bits per heavy atom. The Balaban J connectivity index is 2.88. The molecule has 1 amide bonds. The first-order valence-electron chi connectivity index (χ1n) is 5.42. The Hall–Kier alpha value is -2.54. The van der Waals surface area contributed by atoms with Gasteiger partial charge in [-0.2, -0.15) is 15.6 Å². The van der Waals surface area contributed by atoms with Crippen LogP contribution in [0.2, 0.25) is 0 Å². The number of carbonyl (C=O) groups is 1. The summed E-state index contributed by atoms with van der Waals surface area (Å²) in [4.78, 5) is 13.7. The highest BCUT2D eigenvalue weighted by molar-refractivity contribution is 5.97. The maximum absolute atomic E-state index is 12.2. The minimum atomic E-state index is -0.307. The number of aryl methyl sites for hydroxylation is 1. The number of anilines is 1. The molecule has 2 N–H and O–H groups in total. The number of rotatable bonds is 5. The lowest BCUT2D eigenvalue weighted by atomic mass is 10.2. The van der Waals surface area contributed by atoms with Crippen molar-refractivity contribution in [2.45, 2.75) is 12.8 Å². The molecule has 94 valence electrons. The number of aromatic nitrogens is 2. The predicted molar refractivity (Wildman–Crippen MR) is 64.0 cm³/mol. The molecule has 0 aliphatic heterocycles. The van der Waals surface area contributed by atoms with Gasteiger partial charge in [-0.3, -0.25) is 9.48 Å². The second-order valence-corrected chi connectivity index (χ2v) is 3.68. The van der Waals surface area contributed by atoms with Gasteiger partial charge in [0.25, 0.3) is 5.91 Å². The molecule has 0 fully saturated rings. The van der Waals surface area contributed by atoms with Crippen LogP contribution in [0.4, 0.5) is 5.69 Å². The van der Waals surface area contributed by atoms with Gasteiger partial charge in [-0.05, 0) is 0 Å². The predicted octanol–water partition coefficient (Wildman–Crippen LogP) is 0.272. The van der Waals surface area contributed by atoms with Crippen molar-refractivity contribution in [3.63, 3.8) is 0 Å². The quantitative estimate of drug-likeness (QED) is 0.801. The van der Waals surface area contributed by atoms with Crippen LogP contribution in [0.3, 0.4) is 0 Å². The highest BCUT2D eigenvalue weighted by Gasteiger charge is 2.21. The Labute approximate surface area is 105 Å². The lowest BCUT2D eigenvalue weighted by molar-refractivity contribution is 0.0752. The fourth-order valence-electron chi connectivity index (χ4n) is 1.55. The van der Waals surface area contributed by atoms with E-state index in [0.717, 1.165) is 0 Å². The maximum Gasteiger partial charge on any atom is 0.274 e. The van der Waals surface area contributed by atoms with Crippen molar-refractivity contribution < 1.29 is 4.79 Å². The SMILES string of the molecule is Cn1ncc(N)c1C(=O)N(CCC#N)CCC#N.